The molecular weight excluding hydrogens is 342 g/mol. The second-order valence-electron chi connectivity index (χ2n) is 6.54. The number of carbonyl (C=O) groups is 2. The zero-order chi connectivity index (χ0) is 19.8. The molecule has 0 aliphatic heterocycles. The van der Waals surface area contributed by atoms with Crippen LogP contribution in [-0.4, -0.2) is 25.1 Å². The molecule has 2 rings (SSSR count). The number of rotatable bonds is 8. The van der Waals surface area contributed by atoms with Gasteiger partial charge in [-0.2, -0.15) is 0 Å². The van der Waals surface area contributed by atoms with Crippen LogP contribution >= 0.6 is 0 Å². The van der Waals surface area contributed by atoms with Gasteiger partial charge in [0.05, 0.1) is 13.5 Å². The van der Waals surface area contributed by atoms with E-state index >= 15 is 0 Å². The standard InChI is InChI=1S/C22H27NO4/c1-5-15(2)19-8-6-7-9-20(19)23-22(25)16(3)27-21(24)14-17-10-12-18(26-4)13-11-17/h6-13,15-16H,5,14H2,1-4H3,(H,23,25)/t15-,16+/m0/s1. The number of para-hydroxylation sites is 1. The normalized spacial score (nSPS) is 12.7. The average Bonchev–Trinajstić information content (AvgIpc) is 2.68. The Hall–Kier alpha value is -2.82. The Morgan fingerprint density at radius 2 is 1.70 bits per heavy atom. The monoisotopic (exact) mass is 369 g/mol. The number of benzene rings is 2. The van der Waals surface area contributed by atoms with Gasteiger partial charge in [-0.25, -0.2) is 0 Å². The predicted molar refractivity (Wildman–Crippen MR) is 106 cm³/mol. The van der Waals surface area contributed by atoms with Gasteiger partial charge in [0.15, 0.2) is 6.10 Å². The van der Waals surface area contributed by atoms with Crippen LogP contribution in [0.25, 0.3) is 0 Å². The number of carbonyl (C=O) groups excluding carboxylic acids is 2. The molecule has 0 aliphatic rings. The number of anilines is 1. The molecule has 0 saturated carbocycles. The minimum Gasteiger partial charge on any atom is -0.497 e. The Morgan fingerprint density at radius 1 is 1.04 bits per heavy atom. The number of ether oxygens (including phenoxy) is 2. The number of esters is 1. The van der Waals surface area contributed by atoms with Crippen LogP contribution in [0.5, 0.6) is 5.75 Å². The summed E-state index contributed by atoms with van der Waals surface area (Å²) in [4.78, 5) is 24.6. The van der Waals surface area contributed by atoms with Crippen LogP contribution < -0.4 is 10.1 Å². The molecule has 1 amide bonds. The van der Waals surface area contributed by atoms with E-state index in [1.807, 2.05) is 24.3 Å². The lowest BCUT2D eigenvalue weighted by Gasteiger charge is -2.18. The highest BCUT2D eigenvalue weighted by Gasteiger charge is 2.20. The van der Waals surface area contributed by atoms with Gasteiger partial charge in [-0.15, -0.1) is 0 Å². The van der Waals surface area contributed by atoms with Gasteiger partial charge in [-0.05, 0) is 48.6 Å². The van der Waals surface area contributed by atoms with Gasteiger partial charge in [0.1, 0.15) is 5.75 Å². The van der Waals surface area contributed by atoms with Gasteiger partial charge in [0.25, 0.3) is 5.91 Å². The SMILES string of the molecule is CC[C@H](C)c1ccccc1NC(=O)[C@@H](C)OC(=O)Cc1ccc(OC)cc1. The summed E-state index contributed by atoms with van der Waals surface area (Å²) < 4.78 is 10.4. The zero-order valence-electron chi connectivity index (χ0n) is 16.3. The first kappa shape index (κ1) is 20.5. The topological polar surface area (TPSA) is 64.6 Å². The maximum Gasteiger partial charge on any atom is 0.311 e. The number of hydrogen-bond donors (Lipinski definition) is 1. The molecule has 0 spiro atoms. The molecule has 2 aromatic rings. The molecule has 0 saturated heterocycles. The first-order valence-electron chi connectivity index (χ1n) is 9.16. The molecule has 0 fully saturated rings. The summed E-state index contributed by atoms with van der Waals surface area (Å²) in [7, 11) is 1.59. The first-order valence-corrected chi connectivity index (χ1v) is 9.16. The van der Waals surface area contributed by atoms with Crippen LogP contribution in [0.3, 0.4) is 0 Å². The summed E-state index contributed by atoms with van der Waals surface area (Å²) in [5, 5.41) is 2.88. The second-order valence-corrected chi connectivity index (χ2v) is 6.54. The Balaban J connectivity index is 1.94. The summed E-state index contributed by atoms with van der Waals surface area (Å²) in [5.41, 5.74) is 2.63. The predicted octanol–water partition coefficient (Wildman–Crippen LogP) is 4.32. The highest BCUT2D eigenvalue weighted by Crippen LogP contribution is 2.26. The van der Waals surface area contributed by atoms with Gasteiger partial charge in [-0.3, -0.25) is 9.59 Å². The third-order valence-corrected chi connectivity index (χ3v) is 4.55. The highest BCUT2D eigenvalue weighted by atomic mass is 16.5. The van der Waals surface area contributed by atoms with Crippen LogP contribution in [-0.2, 0) is 20.7 Å². The van der Waals surface area contributed by atoms with Crippen molar-refractivity contribution in [1.82, 2.24) is 0 Å². The van der Waals surface area contributed by atoms with Crippen molar-refractivity contribution in [2.45, 2.75) is 45.6 Å². The van der Waals surface area contributed by atoms with Crippen molar-refractivity contribution in [3.05, 3.63) is 59.7 Å². The lowest BCUT2D eigenvalue weighted by Crippen LogP contribution is -2.30. The highest BCUT2D eigenvalue weighted by molar-refractivity contribution is 5.95. The van der Waals surface area contributed by atoms with Crippen molar-refractivity contribution in [1.29, 1.82) is 0 Å². The van der Waals surface area contributed by atoms with E-state index in [1.165, 1.54) is 0 Å². The van der Waals surface area contributed by atoms with Crippen LogP contribution in [0.1, 0.15) is 44.2 Å². The van der Waals surface area contributed by atoms with Crippen LogP contribution in [0, 0.1) is 0 Å². The zero-order valence-corrected chi connectivity index (χ0v) is 16.3. The summed E-state index contributed by atoms with van der Waals surface area (Å²) in [6.45, 7) is 5.79. The van der Waals surface area contributed by atoms with Gasteiger partial charge < -0.3 is 14.8 Å². The molecule has 0 bridgehead atoms. The van der Waals surface area contributed by atoms with E-state index in [9.17, 15) is 9.59 Å². The minimum atomic E-state index is -0.874. The van der Waals surface area contributed by atoms with E-state index in [2.05, 4.69) is 19.2 Å². The molecule has 0 heterocycles. The number of hydrogen-bond acceptors (Lipinski definition) is 4. The van der Waals surface area contributed by atoms with Crippen LogP contribution in [0.4, 0.5) is 5.69 Å². The molecule has 1 N–H and O–H groups in total. The second kappa shape index (κ2) is 9.76. The third-order valence-electron chi connectivity index (χ3n) is 4.55. The molecule has 27 heavy (non-hydrogen) atoms. The molecule has 0 aromatic heterocycles. The fourth-order valence-corrected chi connectivity index (χ4v) is 2.70. The van der Waals surface area contributed by atoms with Crippen molar-refractivity contribution in [2.24, 2.45) is 0 Å². The fraction of sp³-hybridized carbons (Fsp3) is 0.364. The Bertz CT molecular complexity index is 770. The maximum atomic E-state index is 12.4. The Labute approximate surface area is 160 Å². The Morgan fingerprint density at radius 3 is 2.33 bits per heavy atom. The summed E-state index contributed by atoms with van der Waals surface area (Å²) in [6, 6.07) is 14.9. The van der Waals surface area contributed by atoms with E-state index in [1.54, 1.807) is 38.3 Å². The van der Waals surface area contributed by atoms with E-state index in [-0.39, 0.29) is 12.3 Å². The quantitative estimate of drug-likeness (QED) is 0.704. The van der Waals surface area contributed by atoms with Crippen molar-refractivity contribution in [2.75, 3.05) is 12.4 Å². The molecule has 2 aromatic carbocycles. The number of nitrogens with one attached hydrogen (secondary N) is 1. The van der Waals surface area contributed by atoms with E-state index in [0.29, 0.717) is 5.92 Å². The van der Waals surface area contributed by atoms with E-state index in [4.69, 9.17) is 9.47 Å². The van der Waals surface area contributed by atoms with Gasteiger partial charge in [-0.1, -0.05) is 44.2 Å². The van der Waals surface area contributed by atoms with Crippen molar-refractivity contribution in [3.63, 3.8) is 0 Å². The fourth-order valence-electron chi connectivity index (χ4n) is 2.70. The third kappa shape index (κ3) is 5.84. The summed E-state index contributed by atoms with van der Waals surface area (Å²) >= 11 is 0. The minimum absolute atomic E-state index is 0.102. The number of amides is 1. The van der Waals surface area contributed by atoms with Crippen LogP contribution in [0.15, 0.2) is 48.5 Å². The summed E-state index contributed by atoms with van der Waals surface area (Å²) in [5.74, 6) is 0.265. The average molecular weight is 369 g/mol. The Kier molecular flexibility index (Phi) is 7.41. The van der Waals surface area contributed by atoms with Crippen molar-refractivity contribution in [3.8, 4) is 5.75 Å². The number of methoxy groups -OCH3 is 1. The molecule has 2 atom stereocenters. The van der Waals surface area contributed by atoms with Crippen molar-refractivity contribution < 1.29 is 19.1 Å². The largest absolute Gasteiger partial charge is 0.497 e. The maximum absolute atomic E-state index is 12.4. The molecule has 0 unspecified atom stereocenters. The van der Waals surface area contributed by atoms with E-state index in [0.717, 1.165) is 29.0 Å². The van der Waals surface area contributed by atoms with Gasteiger partial charge >= 0.3 is 5.97 Å². The summed E-state index contributed by atoms with van der Waals surface area (Å²) in [6.07, 6.45) is 0.199. The molecule has 0 aliphatic carbocycles. The molecule has 0 radical (unpaired) electrons. The van der Waals surface area contributed by atoms with Gasteiger partial charge in [0.2, 0.25) is 0 Å². The molecular formula is C22H27NO4. The van der Waals surface area contributed by atoms with Crippen molar-refractivity contribution >= 4 is 17.6 Å². The molecule has 144 valence electrons. The smallest absolute Gasteiger partial charge is 0.311 e. The lowest BCUT2D eigenvalue weighted by molar-refractivity contribution is -0.152. The van der Waals surface area contributed by atoms with Crippen LogP contribution in [0.2, 0.25) is 0 Å². The molecule has 5 nitrogen and oxygen atoms in total. The first-order chi connectivity index (χ1) is 12.9. The molecule has 5 heteroatoms. The lowest BCUT2D eigenvalue weighted by atomic mass is 9.97. The van der Waals surface area contributed by atoms with Gasteiger partial charge in [0, 0.05) is 5.69 Å². The van der Waals surface area contributed by atoms with E-state index < -0.39 is 12.1 Å².